The maximum absolute atomic E-state index is 6.04. The van der Waals surface area contributed by atoms with Crippen molar-refractivity contribution in [3.8, 4) is 11.1 Å². The number of allylic oxidation sites excluding steroid dienone is 3. The molecule has 0 amide bonds. The van der Waals surface area contributed by atoms with Gasteiger partial charge in [-0.05, 0) is 41.6 Å². The summed E-state index contributed by atoms with van der Waals surface area (Å²) in [5.74, 6) is 0. The highest BCUT2D eigenvalue weighted by Crippen LogP contribution is 2.28. The number of thiazole rings is 1. The monoisotopic (exact) mass is 321 g/mol. The van der Waals surface area contributed by atoms with Crippen LogP contribution >= 0.6 is 11.3 Å². The fraction of sp³-hybridized carbons (Fsp3) is 0.105. The van der Waals surface area contributed by atoms with Crippen molar-refractivity contribution in [2.45, 2.75) is 6.42 Å². The first-order valence-electron chi connectivity index (χ1n) is 7.49. The van der Waals surface area contributed by atoms with E-state index in [4.69, 9.17) is 5.73 Å². The minimum Gasteiger partial charge on any atom is -0.402 e. The molecule has 3 nitrogen and oxygen atoms in total. The average molecular weight is 321 g/mol. The highest BCUT2D eigenvalue weighted by molar-refractivity contribution is 7.18. The van der Waals surface area contributed by atoms with Crippen LogP contribution in [0.5, 0.6) is 0 Å². The van der Waals surface area contributed by atoms with Crippen LogP contribution in [0.4, 0.5) is 0 Å². The first-order chi connectivity index (χ1) is 11.3. The average Bonchev–Trinajstić information content (AvgIpc) is 2.97. The molecule has 0 saturated carbocycles. The molecule has 0 spiro atoms. The summed E-state index contributed by atoms with van der Waals surface area (Å²) in [6, 6.07) is 16.8. The van der Waals surface area contributed by atoms with Crippen molar-refractivity contribution in [1.82, 2.24) is 10.3 Å². The van der Waals surface area contributed by atoms with Crippen molar-refractivity contribution in [3.05, 3.63) is 77.6 Å². The van der Waals surface area contributed by atoms with Gasteiger partial charge in [0, 0.05) is 19.2 Å². The molecule has 0 aliphatic rings. The van der Waals surface area contributed by atoms with E-state index >= 15 is 0 Å². The van der Waals surface area contributed by atoms with E-state index in [0.29, 0.717) is 6.42 Å². The van der Waals surface area contributed by atoms with Gasteiger partial charge in [0.15, 0.2) is 0 Å². The molecule has 0 aliphatic carbocycles. The molecule has 23 heavy (non-hydrogen) atoms. The van der Waals surface area contributed by atoms with Crippen LogP contribution in [0.15, 0.2) is 72.6 Å². The van der Waals surface area contributed by atoms with Gasteiger partial charge in [0.2, 0.25) is 0 Å². The Balaban J connectivity index is 1.85. The lowest BCUT2D eigenvalue weighted by Gasteiger charge is -2.00. The fourth-order valence-corrected chi connectivity index (χ4v) is 3.40. The molecule has 1 heterocycles. The van der Waals surface area contributed by atoms with Gasteiger partial charge in [0.25, 0.3) is 0 Å². The molecule has 2 aromatic carbocycles. The van der Waals surface area contributed by atoms with Gasteiger partial charge in [-0.3, -0.25) is 0 Å². The van der Waals surface area contributed by atoms with E-state index in [1.54, 1.807) is 11.3 Å². The van der Waals surface area contributed by atoms with Crippen molar-refractivity contribution >= 4 is 21.6 Å². The molecule has 3 rings (SSSR count). The maximum atomic E-state index is 6.04. The van der Waals surface area contributed by atoms with Crippen molar-refractivity contribution in [2.24, 2.45) is 5.73 Å². The smallest absolute Gasteiger partial charge is 0.0997 e. The van der Waals surface area contributed by atoms with Gasteiger partial charge in [0.1, 0.15) is 0 Å². The molecular weight excluding hydrogens is 302 g/mol. The Hall–Kier alpha value is -2.59. The van der Waals surface area contributed by atoms with E-state index in [1.807, 2.05) is 31.5 Å². The van der Waals surface area contributed by atoms with Crippen LogP contribution < -0.4 is 11.1 Å². The summed E-state index contributed by atoms with van der Waals surface area (Å²) in [5.41, 5.74) is 10.3. The van der Waals surface area contributed by atoms with Gasteiger partial charge in [-0.1, -0.05) is 36.4 Å². The largest absolute Gasteiger partial charge is 0.402 e. The summed E-state index contributed by atoms with van der Waals surface area (Å²) in [5, 5.41) is 3.98. The molecule has 0 unspecified atom stereocenters. The SMILES string of the molecule is CN/C=C\C=C(/N)Cc1nc2ccc(-c3ccccc3)cc2s1. The Morgan fingerprint density at radius 3 is 2.78 bits per heavy atom. The highest BCUT2D eigenvalue weighted by Gasteiger charge is 2.06. The van der Waals surface area contributed by atoms with E-state index in [9.17, 15) is 0 Å². The number of rotatable bonds is 5. The molecular formula is C19H19N3S. The number of benzene rings is 2. The van der Waals surface area contributed by atoms with Gasteiger partial charge in [-0.15, -0.1) is 11.3 Å². The Bertz CT molecular complexity index is 847. The van der Waals surface area contributed by atoms with Gasteiger partial charge < -0.3 is 11.1 Å². The van der Waals surface area contributed by atoms with Gasteiger partial charge in [-0.2, -0.15) is 0 Å². The van der Waals surface area contributed by atoms with Gasteiger partial charge in [-0.25, -0.2) is 4.98 Å². The van der Waals surface area contributed by atoms with E-state index in [0.717, 1.165) is 16.2 Å². The molecule has 0 aliphatic heterocycles. The summed E-state index contributed by atoms with van der Waals surface area (Å²) in [6.07, 6.45) is 6.32. The second-order valence-electron chi connectivity index (χ2n) is 5.22. The Kier molecular flexibility index (Phi) is 4.74. The third kappa shape index (κ3) is 3.79. The first-order valence-corrected chi connectivity index (χ1v) is 8.31. The molecule has 3 aromatic rings. The number of nitrogens with two attached hydrogens (primary N) is 1. The van der Waals surface area contributed by atoms with Crippen molar-refractivity contribution in [2.75, 3.05) is 7.05 Å². The minimum absolute atomic E-state index is 0.675. The van der Waals surface area contributed by atoms with Gasteiger partial charge >= 0.3 is 0 Å². The zero-order valence-electron chi connectivity index (χ0n) is 13.0. The zero-order valence-corrected chi connectivity index (χ0v) is 13.8. The molecule has 3 N–H and O–H groups in total. The third-order valence-electron chi connectivity index (χ3n) is 3.47. The number of aromatic nitrogens is 1. The Morgan fingerprint density at radius 1 is 1.17 bits per heavy atom. The third-order valence-corrected chi connectivity index (χ3v) is 4.49. The van der Waals surface area contributed by atoms with E-state index < -0.39 is 0 Å². The summed E-state index contributed by atoms with van der Waals surface area (Å²) >= 11 is 1.70. The van der Waals surface area contributed by atoms with E-state index in [-0.39, 0.29) is 0 Å². The first kappa shape index (κ1) is 15.3. The van der Waals surface area contributed by atoms with E-state index in [1.165, 1.54) is 15.8 Å². The van der Waals surface area contributed by atoms with Crippen molar-refractivity contribution in [1.29, 1.82) is 0 Å². The minimum atomic E-state index is 0.675. The maximum Gasteiger partial charge on any atom is 0.0997 e. The zero-order chi connectivity index (χ0) is 16.1. The Morgan fingerprint density at radius 2 is 2.00 bits per heavy atom. The second-order valence-corrected chi connectivity index (χ2v) is 6.34. The molecule has 1 aromatic heterocycles. The number of nitrogens with one attached hydrogen (secondary N) is 1. The highest BCUT2D eigenvalue weighted by atomic mass is 32.1. The van der Waals surface area contributed by atoms with Crippen LogP contribution in [0.2, 0.25) is 0 Å². The summed E-state index contributed by atoms with van der Waals surface area (Å²) in [4.78, 5) is 4.67. The molecule has 0 radical (unpaired) electrons. The number of fused-ring (bicyclic) bond motifs is 1. The quantitative estimate of drug-likeness (QED) is 0.696. The number of hydrogen-bond acceptors (Lipinski definition) is 4. The van der Waals surface area contributed by atoms with Crippen LogP contribution in [0.25, 0.3) is 21.3 Å². The van der Waals surface area contributed by atoms with Crippen LogP contribution in [0.3, 0.4) is 0 Å². The lowest BCUT2D eigenvalue weighted by atomic mass is 10.1. The summed E-state index contributed by atoms with van der Waals surface area (Å²) in [7, 11) is 1.86. The molecule has 116 valence electrons. The van der Waals surface area contributed by atoms with Crippen molar-refractivity contribution in [3.63, 3.8) is 0 Å². The van der Waals surface area contributed by atoms with Crippen molar-refractivity contribution < 1.29 is 0 Å². The molecule has 0 fully saturated rings. The molecule has 0 saturated heterocycles. The predicted octanol–water partition coefficient (Wildman–Crippen LogP) is 4.08. The van der Waals surface area contributed by atoms with Gasteiger partial charge in [0.05, 0.1) is 15.2 Å². The standard InChI is InChI=1S/C19H19N3S/c1-21-11-5-8-16(20)13-19-22-17-10-9-15(12-18(17)23-19)14-6-3-2-4-7-14/h2-12,21H,13,20H2,1H3/b11-5-,16-8-. The van der Waals surface area contributed by atoms with Crippen LogP contribution in [-0.2, 0) is 6.42 Å². The molecule has 0 bridgehead atoms. The number of nitrogens with zero attached hydrogens (tertiary/aromatic N) is 1. The second kappa shape index (κ2) is 7.11. The van der Waals surface area contributed by atoms with Crippen LogP contribution in [0.1, 0.15) is 5.01 Å². The summed E-state index contributed by atoms with van der Waals surface area (Å²) < 4.78 is 1.19. The fourth-order valence-electron chi connectivity index (χ4n) is 2.36. The topological polar surface area (TPSA) is 50.9 Å². The lowest BCUT2D eigenvalue weighted by Crippen LogP contribution is -2.00. The Labute approximate surface area is 140 Å². The van der Waals surface area contributed by atoms with Crippen LogP contribution in [0, 0.1) is 0 Å². The summed E-state index contributed by atoms with van der Waals surface area (Å²) in [6.45, 7) is 0. The van der Waals surface area contributed by atoms with E-state index in [2.05, 4.69) is 52.8 Å². The predicted molar refractivity (Wildman–Crippen MR) is 99.2 cm³/mol. The lowest BCUT2D eigenvalue weighted by molar-refractivity contribution is 1.08. The molecule has 0 atom stereocenters. The van der Waals surface area contributed by atoms with Crippen LogP contribution in [-0.4, -0.2) is 12.0 Å². The normalized spacial score (nSPS) is 12.1. The number of hydrogen-bond donors (Lipinski definition) is 2. The molecule has 4 heteroatoms.